The van der Waals surface area contributed by atoms with Crippen molar-refractivity contribution in [2.45, 2.75) is 6.10 Å². The molecule has 2 aromatic rings. The predicted octanol–water partition coefficient (Wildman–Crippen LogP) is 3.17. The van der Waals surface area contributed by atoms with Gasteiger partial charge in [-0.25, -0.2) is 0 Å². The maximum absolute atomic E-state index is 10.5. The van der Waals surface area contributed by atoms with E-state index in [0.717, 1.165) is 5.56 Å². The number of methoxy groups -OCH3 is 2. The monoisotopic (exact) mass is 284 g/mol. The summed E-state index contributed by atoms with van der Waals surface area (Å²) in [5.41, 5.74) is 1.59. The van der Waals surface area contributed by atoms with E-state index in [1.165, 1.54) is 0 Å². The number of rotatable bonds is 3. The van der Waals surface area contributed by atoms with Crippen LogP contribution in [0.2, 0.25) is 0 Å². The molecule has 0 aromatic heterocycles. The second kappa shape index (κ2) is 5.50. The lowest BCUT2D eigenvalue weighted by Gasteiger charge is -2.09. The molecular formula is C17H16O4. The van der Waals surface area contributed by atoms with Gasteiger partial charge in [-0.05, 0) is 11.6 Å². The van der Waals surface area contributed by atoms with Crippen molar-refractivity contribution in [2.75, 3.05) is 14.2 Å². The van der Waals surface area contributed by atoms with Crippen molar-refractivity contribution in [3.8, 4) is 17.2 Å². The zero-order valence-electron chi connectivity index (χ0n) is 11.9. The zero-order chi connectivity index (χ0) is 14.8. The van der Waals surface area contributed by atoms with Crippen molar-refractivity contribution in [1.29, 1.82) is 0 Å². The lowest BCUT2D eigenvalue weighted by molar-refractivity contribution is 0.190. The molecule has 21 heavy (non-hydrogen) atoms. The summed E-state index contributed by atoms with van der Waals surface area (Å²) in [5.74, 6) is 2.20. The van der Waals surface area contributed by atoms with Crippen molar-refractivity contribution >= 4 is 6.08 Å². The van der Waals surface area contributed by atoms with Crippen LogP contribution < -0.4 is 14.2 Å². The Bertz CT molecular complexity index is 677. The van der Waals surface area contributed by atoms with Gasteiger partial charge < -0.3 is 19.3 Å². The Hall–Kier alpha value is -2.46. The van der Waals surface area contributed by atoms with Crippen LogP contribution in [0.15, 0.2) is 48.2 Å². The highest BCUT2D eigenvalue weighted by atomic mass is 16.5. The van der Waals surface area contributed by atoms with E-state index in [2.05, 4.69) is 0 Å². The summed E-state index contributed by atoms with van der Waals surface area (Å²) < 4.78 is 16.3. The first-order chi connectivity index (χ1) is 10.2. The number of aliphatic hydroxyl groups is 1. The number of fused-ring (bicyclic) bond motifs is 1. The molecule has 0 fully saturated rings. The molecule has 1 aliphatic rings. The van der Waals surface area contributed by atoms with Crippen LogP contribution in [0.5, 0.6) is 17.2 Å². The highest BCUT2D eigenvalue weighted by Gasteiger charge is 2.32. The minimum absolute atomic E-state index is 0.475. The number of hydrogen-bond donors (Lipinski definition) is 1. The smallest absolute Gasteiger partial charge is 0.144 e. The first-order valence-corrected chi connectivity index (χ1v) is 6.61. The molecule has 4 nitrogen and oxygen atoms in total. The van der Waals surface area contributed by atoms with E-state index in [-0.39, 0.29) is 0 Å². The lowest BCUT2D eigenvalue weighted by atomic mass is 10.1. The van der Waals surface area contributed by atoms with Gasteiger partial charge in [0.05, 0.1) is 19.8 Å². The lowest BCUT2D eigenvalue weighted by Crippen LogP contribution is -1.98. The van der Waals surface area contributed by atoms with Crippen molar-refractivity contribution < 1.29 is 19.3 Å². The molecule has 1 N–H and O–H groups in total. The molecule has 1 aliphatic heterocycles. The van der Waals surface area contributed by atoms with Gasteiger partial charge in [-0.15, -0.1) is 0 Å². The van der Waals surface area contributed by atoms with Crippen LogP contribution in [0.25, 0.3) is 6.08 Å². The molecule has 0 amide bonds. The summed E-state index contributed by atoms with van der Waals surface area (Å²) in [6, 6.07) is 13.2. The summed E-state index contributed by atoms with van der Waals surface area (Å²) >= 11 is 0. The quantitative estimate of drug-likeness (QED) is 0.940. The molecule has 0 radical (unpaired) electrons. The van der Waals surface area contributed by atoms with Crippen molar-refractivity contribution in [1.82, 2.24) is 0 Å². The first kappa shape index (κ1) is 13.5. The summed E-state index contributed by atoms with van der Waals surface area (Å²) in [6.07, 6.45) is 0.970. The minimum atomic E-state index is -0.846. The third-order valence-corrected chi connectivity index (χ3v) is 3.41. The second-order valence-electron chi connectivity index (χ2n) is 4.70. The van der Waals surface area contributed by atoms with Crippen LogP contribution in [0, 0.1) is 0 Å². The maximum Gasteiger partial charge on any atom is 0.144 e. The second-order valence-corrected chi connectivity index (χ2v) is 4.70. The zero-order valence-corrected chi connectivity index (χ0v) is 11.9. The Balaban J connectivity index is 2.02. The van der Waals surface area contributed by atoms with Gasteiger partial charge in [0, 0.05) is 12.1 Å². The fraction of sp³-hybridized carbons (Fsp3) is 0.176. The van der Waals surface area contributed by atoms with Crippen LogP contribution in [0.1, 0.15) is 17.2 Å². The normalized spacial score (nSPS) is 18.2. The van der Waals surface area contributed by atoms with E-state index in [0.29, 0.717) is 28.6 Å². The number of aliphatic hydroxyl groups excluding tert-OH is 1. The average molecular weight is 284 g/mol. The Morgan fingerprint density at radius 1 is 1.10 bits per heavy atom. The van der Waals surface area contributed by atoms with E-state index in [9.17, 15) is 5.11 Å². The largest absolute Gasteiger partial charge is 0.496 e. The third-order valence-electron chi connectivity index (χ3n) is 3.41. The Morgan fingerprint density at radius 3 is 2.52 bits per heavy atom. The first-order valence-electron chi connectivity index (χ1n) is 6.61. The number of benzene rings is 2. The van der Waals surface area contributed by atoms with E-state index < -0.39 is 6.10 Å². The molecule has 1 atom stereocenters. The summed E-state index contributed by atoms with van der Waals surface area (Å²) in [7, 11) is 3.13. The molecule has 3 rings (SSSR count). The maximum atomic E-state index is 10.5. The van der Waals surface area contributed by atoms with Crippen molar-refractivity contribution in [3.05, 3.63) is 59.4 Å². The molecule has 0 spiro atoms. The van der Waals surface area contributed by atoms with Gasteiger partial charge in [0.1, 0.15) is 29.1 Å². The minimum Gasteiger partial charge on any atom is -0.496 e. The van der Waals surface area contributed by atoms with Crippen LogP contribution in [-0.2, 0) is 0 Å². The van der Waals surface area contributed by atoms with Gasteiger partial charge in [0.15, 0.2) is 0 Å². The molecular weight excluding hydrogens is 268 g/mol. The third kappa shape index (κ3) is 2.45. The molecule has 0 bridgehead atoms. The van der Waals surface area contributed by atoms with Crippen LogP contribution in [0.4, 0.5) is 0 Å². The number of hydrogen-bond acceptors (Lipinski definition) is 4. The average Bonchev–Trinajstić information content (AvgIpc) is 2.83. The van der Waals surface area contributed by atoms with E-state index in [4.69, 9.17) is 14.2 Å². The molecule has 0 aliphatic carbocycles. The highest BCUT2D eigenvalue weighted by molar-refractivity contribution is 5.62. The van der Waals surface area contributed by atoms with E-state index >= 15 is 0 Å². The topological polar surface area (TPSA) is 47.9 Å². The van der Waals surface area contributed by atoms with Crippen LogP contribution in [0.3, 0.4) is 0 Å². The van der Waals surface area contributed by atoms with Crippen LogP contribution >= 0.6 is 0 Å². The Labute approximate surface area is 123 Å². The number of ether oxygens (including phenoxy) is 3. The van der Waals surface area contributed by atoms with Crippen molar-refractivity contribution in [2.24, 2.45) is 0 Å². The van der Waals surface area contributed by atoms with Gasteiger partial charge >= 0.3 is 0 Å². The van der Waals surface area contributed by atoms with Gasteiger partial charge in [-0.3, -0.25) is 0 Å². The van der Waals surface area contributed by atoms with Gasteiger partial charge in [0.2, 0.25) is 0 Å². The Morgan fingerprint density at radius 2 is 1.86 bits per heavy atom. The molecule has 4 heteroatoms. The molecule has 1 heterocycles. The van der Waals surface area contributed by atoms with Gasteiger partial charge in [-0.1, -0.05) is 30.3 Å². The van der Waals surface area contributed by atoms with Crippen molar-refractivity contribution in [3.63, 3.8) is 0 Å². The fourth-order valence-corrected chi connectivity index (χ4v) is 2.36. The standard InChI is InChI=1S/C17H16O4/c1-19-12-9-13(20-2)16-14(10-12)21-15(17(16)18)8-11-6-4-3-5-7-11/h3-10,17-18H,1-2H3/b15-8-. The molecule has 108 valence electrons. The van der Waals surface area contributed by atoms with E-state index in [1.807, 2.05) is 36.4 Å². The Kier molecular flexibility index (Phi) is 3.54. The predicted molar refractivity (Wildman–Crippen MR) is 79.6 cm³/mol. The highest BCUT2D eigenvalue weighted by Crippen LogP contribution is 2.47. The van der Waals surface area contributed by atoms with Gasteiger partial charge in [0.25, 0.3) is 0 Å². The molecule has 1 unspecified atom stereocenters. The molecule has 0 saturated carbocycles. The van der Waals surface area contributed by atoms with Crippen LogP contribution in [-0.4, -0.2) is 19.3 Å². The van der Waals surface area contributed by atoms with Gasteiger partial charge in [-0.2, -0.15) is 0 Å². The SMILES string of the molecule is COc1cc(OC)c2c(c1)O/C(=C\c1ccccc1)C2O. The summed E-state index contributed by atoms with van der Waals surface area (Å²) in [6.45, 7) is 0. The van der Waals surface area contributed by atoms with E-state index in [1.54, 1.807) is 26.4 Å². The summed E-state index contributed by atoms with van der Waals surface area (Å²) in [5, 5.41) is 10.5. The molecule has 2 aromatic carbocycles. The fourth-order valence-electron chi connectivity index (χ4n) is 2.36. The summed E-state index contributed by atoms with van der Waals surface area (Å²) in [4.78, 5) is 0. The molecule has 0 saturated heterocycles.